The van der Waals surface area contributed by atoms with E-state index in [1.54, 1.807) is 49.1 Å². The number of Topliss-reactive ketones (excluding diaryl/α,β-unsaturated/α-hetero) is 1. The molecule has 1 aliphatic heterocycles. The van der Waals surface area contributed by atoms with Gasteiger partial charge in [-0.3, -0.25) is 9.59 Å². The first-order valence-corrected chi connectivity index (χ1v) is 12.1. The quantitative estimate of drug-likeness (QED) is 0.388. The molecule has 0 radical (unpaired) electrons. The minimum absolute atomic E-state index is 0.196. The van der Waals surface area contributed by atoms with Crippen molar-refractivity contribution in [3.8, 4) is 0 Å². The Morgan fingerprint density at radius 3 is 2.32 bits per heavy atom. The van der Waals surface area contributed by atoms with E-state index in [0.29, 0.717) is 11.3 Å². The second-order valence-electron chi connectivity index (χ2n) is 7.21. The number of benzene rings is 1. The Bertz CT molecular complexity index is 1140. The van der Waals surface area contributed by atoms with Crippen molar-refractivity contribution < 1.29 is 18.0 Å². The standard InChI is InChI=1S/C20H24N4O5S2/c1-13-17(14(2)25)18(22-20(27)21-13)30-15(3)19(26)23-9-11-24(12-10-23)31(28,29)16-7-5-4-6-8-16/h4-8,15H,9-12H2,1-3H3,(H,21,22,27)/t15-/m0/s1. The summed E-state index contributed by atoms with van der Waals surface area (Å²) in [6.07, 6.45) is 0. The van der Waals surface area contributed by atoms with Crippen LogP contribution in [0.1, 0.15) is 29.9 Å². The normalized spacial score (nSPS) is 16.2. The number of hydrogen-bond acceptors (Lipinski definition) is 7. The molecule has 0 bridgehead atoms. The Morgan fingerprint density at radius 1 is 1.13 bits per heavy atom. The van der Waals surface area contributed by atoms with Crippen molar-refractivity contribution in [1.82, 2.24) is 19.2 Å². The van der Waals surface area contributed by atoms with Gasteiger partial charge in [0.2, 0.25) is 15.9 Å². The number of hydrogen-bond donors (Lipinski definition) is 1. The highest BCUT2D eigenvalue weighted by Crippen LogP contribution is 2.27. The number of amides is 1. The van der Waals surface area contributed by atoms with Crippen LogP contribution in [0.5, 0.6) is 0 Å². The molecule has 0 saturated carbocycles. The molecule has 0 aliphatic carbocycles. The molecule has 1 aromatic carbocycles. The van der Waals surface area contributed by atoms with Crippen LogP contribution in [0.25, 0.3) is 0 Å². The van der Waals surface area contributed by atoms with Gasteiger partial charge in [-0.25, -0.2) is 13.2 Å². The molecule has 11 heteroatoms. The van der Waals surface area contributed by atoms with Gasteiger partial charge in [0.1, 0.15) is 5.03 Å². The van der Waals surface area contributed by atoms with Crippen molar-refractivity contribution >= 4 is 33.5 Å². The molecule has 1 atom stereocenters. The first-order valence-electron chi connectivity index (χ1n) is 9.73. The number of aromatic nitrogens is 2. The number of carbonyl (C=O) groups is 2. The van der Waals surface area contributed by atoms with E-state index in [2.05, 4.69) is 9.97 Å². The van der Waals surface area contributed by atoms with Gasteiger partial charge in [-0.15, -0.1) is 0 Å². The molecule has 31 heavy (non-hydrogen) atoms. The van der Waals surface area contributed by atoms with Crippen LogP contribution in [0.3, 0.4) is 0 Å². The minimum atomic E-state index is -3.60. The predicted octanol–water partition coefficient (Wildman–Crippen LogP) is 1.29. The van der Waals surface area contributed by atoms with Gasteiger partial charge in [-0.05, 0) is 32.9 Å². The maximum atomic E-state index is 12.9. The summed E-state index contributed by atoms with van der Waals surface area (Å²) in [6.45, 7) is 5.59. The zero-order valence-electron chi connectivity index (χ0n) is 17.5. The third-order valence-electron chi connectivity index (χ3n) is 5.01. The molecule has 1 fully saturated rings. The van der Waals surface area contributed by atoms with E-state index in [1.165, 1.54) is 11.2 Å². The van der Waals surface area contributed by atoms with E-state index < -0.39 is 21.0 Å². The first-order chi connectivity index (χ1) is 14.6. The third-order valence-corrected chi connectivity index (χ3v) is 7.99. The molecule has 3 rings (SSSR count). The summed E-state index contributed by atoms with van der Waals surface area (Å²) in [7, 11) is -3.60. The molecule has 9 nitrogen and oxygen atoms in total. The van der Waals surface area contributed by atoms with E-state index >= 15 is 0 Å². The van der Waals surface area contributed by atoms with Gasteiger partial charge in [0, 0.05) is 31.9 Å². The van der Waals surface area contributed by atoms with Gasteiger partial charge in [-0.1, -0.05) is 30.0 Å². The lowest BCUT2D eigenvalue weighted by Crippen LogP contribution is -2.52. The van der Waals surface area contributed by atoms with Crippen molar-refractivity contribution in [3.63, 3.8) is 0 Å². The number of aromatic amines is 1. The van der Waals surface area contributed by atoms with E-state index in [9.17, 15) is 22.8 Å². The lowest BCUT2D eigenvalue weighted by atomic mass is 10.2. The SMILES string of the molecule is CC(=O)c1c(S[C@@H](C)C(=O)N2CCN(S(=O)(=O)c3ccccc3)CC2)nc(=O)[nH]c1C. The van der Waals surface area contributed by atoms with Gasteiger partial charge >= 0.3 is 5.69 Å². The highest BCUT2D eigenvalue weighted by molar-refractivity contribution is 8.00. The fraction of sp³-hybridized carbons (Fsp3) is 0.400. The van der Waals surface area contributed by atoms with Gasteiger partial charge in [0.15, 0.2) is 5.78 Å². The summed E-state index contributed by atoms with van der Waals surface area (Å²) in [6, 6.07) is 8.20. The molecule has 1 N–H and O–H groups in total. The lowest BCUT2D eigenvalue weighted by Gasteiger charge is -2.35. The number of piperazine rings is 1. The Hall–Kier alpha value is -2.50. The molecule has 1 aliphatic rings. The van der Waals surface area contributed by atoms with Crippen molar-refractivity contribution in [1.29, 1.82) is 0 Å². The summed E-state index contributed by atoms with van der Waals surface area (Å²) < 4.78 is 26.9. The van der Waals surface area contributed by atoms with Crippen LogP contribution in [0.15, 0.2) is 45.0 Å². The van der Waals surface area contributed by atoms with Crippen LogP contribution in [0.2, 0.25) is 0 Å². The highest BCUT2D eigenvalue weighted by atomic mass is 32.2. The Labute approximate surface area is 184 Å². The average molecular weight is 465 g/mol. The smallest absolute Gasteiger partial charge is 0.339 e. The number of aryl methyl sites for hydroxylation is 1. The van der Waals surface area contributed by atoms with Crippen LogP contribution in [-0.4, -0.2) is 70.7 Å². The number of carbonyl (C=O) groups excluding carboxylic acids is 2. The summed E-state index contributed by atoms with van der Waals surface area (Å²) >= 11 is 1.06. The number of nitrogens with zero attached hydrogens (tertiary/aromatic N) is 3. The maximum absolute atomic E-state index is 12.9. The summed E-state index contributed by atoms with van der Waals surface area (Å²) in [5, 5.41) is -0.371. The first kappa shape index (κ1) is 23.2. The van der Waals surface area contributed by atoms with Crippen LogP contribution in [0, 0.1) is 6.92 Å². The van der Waals surface area contributed by atoms with E-state index in [4.69, 9.17) is 0 Å². The largest absolute Gasteiger partial charge is 0.346 e. The number of nitrogens with one attached hydrogen (secondary N) is 1. The molecular weight excluding hydrogens is 440 g/mol. The second kappa shape index (κ2) is 9.33. The monoisotopic (exact) mass is 464 g/mol. The average Bonchev–Trinajstić information content (AvgIpc) is 2.73. The Kier molecular flexibility index (Phi) is 6.97. The van der Waals surface area contributed by atoms with Gasteiger partial charge in [0.05, 0.1) is 15.7 Å². The van der Waals surface area contributed by atoms with Crippen molar-refractivity contribution in [3.05, 3.63) is 52.1 Å². The molecule has 1 aromatic heterocycles. The molecule has 1 amide bonds. The lowest BCUT2D eigenvalue weighted by molar-refractivity contribution is -0.131. The fourth-order valence-electron chi connectivity index (χ4n) is 3.42. The second-order valence-corrected chi connectivity index (χ2v) is 10.5. The van der Waals surface area contributed by atoms with E-state index in [-0.39, 0.29) is 47.8 Å². The van der Waals surface area contributed by atoms with Gasteiger partial charge in [-0.2, -0.15) is 9.29 Å². The summed E-state index contributed by atoms with van der Waals surface area (Å²) in [4.78, 5) is 44.8. The Balaban J connectivity index is 1.68. The van der Waals surface area contributed by atoms with Crippen LogP contribution >= 0.6 is 11.8 Å². The van der Waals surface area contributed by atoms with Crippen molar-refractivity contribution in [2.75, 3.05) is 26.2 Å². The topological polar surface area (TPSA) is 121 Å². The van der Waals surface area contributed by atoms with Crippen LogP contribution < -0.4 is 5.69 Å². The van der Waals surface area contributed by atoms with E-state index in [1.807, 2.05) is 0 Å². The van der Waals surface area contributed by atoms with Crippen LogP contribution in [-0.2, 0) is 14.8 Å². The maximum Gasteiger partial charge on any atom is 0.346 e. The number of thioether (sulfide) groups is 1. The minimum Gasteiger partial charge on any atom is -0.339 e. The molecule has 2 heterocycles. The van der Waals surface area contributed by atoms with Gasteiger partial charge < -0.3 is 9.88 Å². The number of ketones is 1. The van der Waals surface area contributed by atoms with Crippen molar-refractivity contribution in [2.45, 2.75) is 35.9 Å². The van der Waals surface area contributed by atoms with Gasteiger partial charge in [0.25, 0.3) is 0 Å². The zero-order valence-corrected chi connectivity index (χ0v) is 19.1. The molecule has 0 spiro atoms. The van der Waals surface area contributed by atoms with Crippen LogP contribution in [0.4, 0.5) is 0 Å². The Morgan fingerprint density at radius 2 is 1.74 bits per heavy atom. The number of rotatable bonds is 6. The molecule has 1 saturated heterocycles. The number of sulfonamides is 1. The predicted molar refractivity (Wildman–Crippen MR) is 117 cm³/mol. The summed E-state index contributed by atoms with van der Waals surface area (Å²) in [5.41, 5.74) is 0.127. The molecule has 2 aromatic rings. The van der Waals surface area contributed by atoms with E-state index in [0.717, 1.165) is 11.8 Å². The fourth-order valence-corrected chi connectivity index (χ4v) is 6.00. The zero-order chi connectivity index (χ0) is 22.8. The molecular formula is C20H24N4O5S2. The summed E-state index contributed by atoms with van der Waals surface area (Å²) in [5.74, 6) is -0.445. The van der Waals surface area contributed by atoms with Crippen molar-refractivity contribution in [2.24, 2.45) is 0 Å². The number of H-pyrrole nitrogens is 1. The third kappa shape index (κ3) is 5.05. The molecule has 166 valence electrons. The molecule has 0 unspecified atom stereocenters. The highest BCUT2D eigenvalue weighted by Gasteiger charge is 2.32.